The van der Waals surface area contributed by atoms with E-state index in [0.29, 0.717) is 17.9 Å². The number of rotatable bonds is 18. The van der Waals surface area contributed by atoms with E-state index in [9.17, 15) is 20.1 Å². The second-order valence-electron chi connectivity index (χ2n) is 16.1. The molecule has 4 nitrogen and oxygen atoms in total. The minimum Gasteiger partial charge on any atom is -0.508 e. The fourth-order valence-corrected chi connectivity index (χ4v) is 8.30. The molecule has 0 aliphatic rings. The molecular weight excluding hydrogens is 701 g/mol. The maximum absolute atomic E-state index is 11.6. The number of aryl methyl sites for hydroxylation is 4. The smallest absolute Gasteiger partial charge is 0.155 e. The third kappa shape index (κ3) is 11.4. The number of allylic oxidation sites excluding steroid dienone is 1. The average Bonchev–Trinajstić information content (AvgIpc) is 3.21. The van der Waals surface area contributed by atoms with Crippen LogP contribution in [0.3, 0.4) is 0 Å². The van der Waals surface area contributed by atoms with E-state index in [1.54, 1.807) is 12.1 Å². The van der Waals surface area contributed by atoms with Gasteiger partial charge in [-0.05, 0) is 140 Å². The van der Waals surface area contributed by atoms with E-state index >= 15 is 0 Å². The molecule has 0 aromatic heterocycles. The van der Waals surface area contributed by atoms with Crippen LogP contribution >= 0.6 is 0 Å². The molecule has 0 aliphatic heterocycles. The summed E-state index contributed by atoms with van der Waals surface area (Å²) in [6.07, 6.45) is 17.1. The van der Waals surface area contributed by atoms with E-state index in [4.69, 9.17) is 0 Å². The number of carbonyl (C=O) groups excluding carboxylic acids is 1. The highest BCUT2D eigenvalue weighted by Crippen LogP contribution is 2.42. The molecule has 4 aromatic rings. The van der Waals surface area contributed by atoms with Crippen LogP contribution in [-0.4, -0.2) is 26.7 Å². The van der Waals surface area contributed by atoms with Crippen molar-refractivity contribution in [3.63, 3.8) is 0 Å². The molecule has 4 aromatic carbocycles. The van der Waals surface area contributed by atoms with Crippen LogP contribution in [-0.2, 0) is 15.6 Å². The van der Waals surface area contributed by atoms with Crippen molar-refractivity contribution in [1.82, 2.24) is 0 Å². The summed E-state index contributed by atoms with van der Waals surface area (Å²) in [7, 11) is 0. The molecule has 0 saturated carbocycles. The van der Waals surface area contributed by atoms with Crippen molar-refractivity contribution in [2.75, 3.05) is 0 Å². The summed E-state index contributed by atoms with van der Waals surface area (Å²) >= 11 is 0. The van der Waals surface area contributed by atoms with E-state index in [1.165, 1.54) is 39.8 Å². The molecule has 1 unspecified atom stereocenters. The number of phenolic OH excluding ortho intramolecular Hbond substituents is 2. The van der Waals surface area contributed by atoms with Gasteiger partial charge in [-0.15, -0.1) is 0 Å². The lowest BCUT2D eigenvalue weighted by atomic mass is 9.70. The number of hydrogen-bond donors (Lipinski definition) is 3. The number of unbranched alkanes of at least 4 members (excludes halogenated alkanes) is 2. The van der Waals surface area contributed by atoms with Gasteiger partial charge in [0.05, 0.1) is 5.60 Å². The minimum atomic E-state index is -0.722. The third-order valence-electron chi connectivity index (χ3n) is 12.8. The standard InChI is InChI=1S/C29H42O2.C24H30O2/c1-7-11-12-18-28(31,8-2)19-17-24-13-14-25(20-22(24)5)29(9-3,10-4)26-15-16-27(30)23(6)21-26;1-6-22(25)13-10-19-9-11-20(15-17(19)4)24(7-2,8-3)21-12-14-23(26)18(5)16-21/h13-17,19-21,30-31H,7-12,18H2,1-6H3;9-16,26H,6-8H2,1-5H3/b19-17+;13-10+. The minimum absolute atomic E-state index is 0.0736. The Kier molecular flexibility index (Phi) is 17.6. The number of ketones is 1. The van der Waals surface area contributed by atoms with Gasteiger partial charge in [-0.1, -0.05) is 147 Å². The number of phenols is 2. The quantitative estimate of drug-likeness (QED) is 0.0695. The van der Waals surface area contributed by atoms with Gasteiger partial charge in [0, 0.05) is 17.3 Å². The third-order valence-corrected chi connectivity index (χ3v) is 12.8. The molecule has 3 N–H and O–H groups in total. The summed E-state index contributed by atoms with van der Waals surface area (Å²) in [5, 5.41) is 30.8. The van der Waals surface area contributed by atoms with Crippen molar-refractivity contribution >= 4 is 17.9 Å². The van der Waals surface area contributed by atoms with Gasteiger partial charge in [0.1, 0.15) is 11.5 Å². The highest BCUT2D eigenvalue weighted by Gasteiger charge is 2.32. The van der Waals surface area contributed by atoms with Crippen molar-refractivity contribution in [2.45, 2.75) is 157 Å². The lowest BCUT2D eigenvalue weighted by Crippen LogP contribution is -2.26. The zero-order valence-electron chi connectivity index (χ0n) is 37.1. The van der Waals surface area contributed by atoms with E-state index in [-0.39, 0.29) is 16.6 Å². The number of aromatic hydroxyl groups is 2. The summed E-state index contributed by atoms with van der Waals surface area (Å²) in [6, 6.07) is 25.2. The number of aliphatic hydroxyl groups is 1. The van der Waals surface area contributed by atoms with Gasteiger partial charge < -0.3 is 15.3 Å². The second-order valence-corrected chi connectivity index (χ2v) is 16.1. The van der Waals surface area contributed by atoms with E-state index in [0.717, 1.165) is 73.6 Å². The van der Waals surface area contributed by atoms with Gasteiger partial charge >= 0.3 is 0 Å². The first-order chi connectivity index (χ1) is 27.1. The Labute approximate surface area is 345 Å². The number of hydrogen-bond acceptors (Lipinski definition) is 4. The molecule has 0 aliphatic carbocycles. The van der Waals surface area contributed by atoms with E-state index < -0.39 is 5.60 Å². The van der Waals surface area contributed by atoms with E-state index in [1.807, 2.05) is 45.1 Å². The fourth-order valence-electron chi connectivity index (χ4n) is 8.30. The van der Waals surface area contributed by atoms with Gasteiger partial charge in [-0.25, -0.2) is 0 Å². The van der Waals surface area contributed by atoms with Crippen LogP contribution < -0.4 is 0 Å². The first kappa shape index (κ1) is 47.0. The molecule has 4 rings (SSSR count). The second kappa shape index (κ2) is 21.4. The Hall–Kier alpha value is -4.41. The zero-order valence-corrected chi connectivity index (χ0v) is 37.1. The van der Waals surface area contributed by atoms with Gasteiger partial charge in [0.25, 0.3) is 0 Å². The molecule has 57 heavy (non-hydrogen) atoms. The molecule has 0 fully saturated rings. The van der Waals surface area contributed by atoms with Crippen LogP contribution in [0.25, 0.3) is 12.2 Å². The SMILES string of the molecule is CCC(=O)/C=C/c1ccc(C(CC)(CC)c2ccc(O)c(C)c2)cc1C.CCCCCC(O)(/C=C/c1ccc(C(CC)(CC)c2ccc(O)c(C)c2)cc1C)CC. The first-order valence-corrected chi connectivity index (χ1v) is 21.6. The van der Waals surface area contributed by atoms with Crippen molar-refractivity contribution in [3.8, 4) is 11.5 Å². The van der Waals surface area contributed by atoms with Crippen LogP contribution in [0.15, 0.2) is 84.9 Å². The van der Waals surface area contributed by atoms with Gasteiger partial charge in [0.15, 0.2) is 5.78 Å². The van der Waals surface area contributed by atoms with E-state index in [2.05, 4.69) is 116 Å². The molecule has 0 spiro atoms. The Morgan fingerprint density at radius 2 is 0.947 bits per heavy atom. The van der Waals surface area contributed by atoms with Gasteiger partial charge in [-0.3, -0.25) is 4.79 Å². The Bertz CT molecular complexity index is 1970. The first-order valence-electron chi connectivity index (χ1n) is 21.6. The summed E-state index contributed by atoms with van der Waals surface area (Å²) in [6.45, 7) is 23.2. The van der Waals surface area contributed by atoms with Gasteiger partial charge in [-0.2, -0.15) is 0 Å². The van der Waals surface area contributed by atoms with Crippen LogP contribution in [0.4, 0.5) is 0 Å². The highest BCUT2D eigenvalue weighted by atomic mass is 16.3. The summed E-state index contributed by atoms with van der Waals surface area (Å²) < 4.78 is 0. The number of carbonyl (C=O) groups is 1. The lowest BCUT2D eigenvalue weighted by molar-refractivity contribution is -0.114. The van der Waals surface area contributed by atoms with Crippen LogP contribution in [0, 0.1) is 27.7 Å². The predicted octanol–water partition coefficient (Wildman–Crippen LogP) is 14.0. The molecule has 1 atom stereocenters. The molecule has 4 heteroatoms. The highest BCUT2D eigenvalue weighted by molar-refractivity contribution is 5.93. The van der Waals surface area contributed by atoms with Crippen molar-refractivity contribution < 1.29 is 20.1 Å². The molecule has 0 heterocycles. The van der Waals surface area contributed by atoms with Crippen LogP contribution in [0.2, 0.25) is 0 Å². The molecule has 0 radical (unpaired) electrons. The van der Waals surface area contributed by atoms with Gasteiger partial charge in [0.2, 0.25) is 0 Å². The molecule has 0 saturated heterocycles. The topological polar surface area (TPSA) is 77.8 Å². The molecular formula is C53H72O4. The summed E-state index contributed by atoms with van der Waals surface area (Å²) in [5.74, 6) is 0.834. The van der Waals surface area contributed by atoms with Crippen LogP contribution in [0.5, 0.6) is 11.5 Å². The summed E-state index contributed by atoms with van der Waals surface area (Å²) in [4.78, 5) is 11.6. The van der Waals surface area contributed by atoms with Crippen molar-refractivity contribution in [2.24, 2.45) is 0 Å². The maximum Gasteiger partial charge on any atom is 0.155 e. The predicted molar refractivity (Wildman–Crippen MR) is 244 cm³/mol. The Balaban J connectivity index is 0.000000310. The number of benzene rings is 4. The maximum atomic E-state index is 11.6. The average molecular weight is 773 g/mol. The molecule has 308 valence electrons. The van der Waals surface area contributed by atoms with Crippen LogP contribution in [0.1, 0.15) is 168 Å². The Morgan fingerprint density at radius 1 is 0.544 bits per heavy atom. The summed E-state index contributed by atoms with van der Waals surface area (Å²) in [5.41, 5.74) is 10.7. The molecule has 0 amide bonds. The largest absolute Gasteiger partial charge is 0.508 e. The monoisotopic (exact) mass is 773 g/mol. The normalized spacial score (nSPS) is 13.1. The van der Waals surface area contributed by atoms with Crippen molar-refractivity contribution in [3.05, 3.63) is 141 Å². The fraction of sp³-hybridized carbons (Fsp3) is 0.453. The lowest BCUT2D eigenvalue weighted by Gasteiger charge is -2.34. The Morgan fingerprint density at radius 3 is 1.30 bits per heavy atom. The molecule has 0 bridgehead atoms. The zero-order chi connectivity index (χ0) is 42.4. The van der Waals surface area contributed by atoms with Crippen molar-refractivity contribution in [1.29, 1.82) is 0 Å².